The van der Waals surface area contributed by atoms with Crippen molar-refractivity contribution in [2.24, 2.45) is 0 Å². The van der Waals surface area contributed by atoms with E-state index in [9.17, 15) is 0 Å². The van der Waals surface area contributed by atoms with Gasteiger partial charge in [0.2, 0.25) is 0 Å². The molecule has 0 aromatic heterocycles. The summed E-state index contributed by atoms with van der Waals surface area (Å²) in [5.41, 5.74) is 0. The lowest BCUT2D eigenvalue weighted by Gasteiger charge is -1.92. The molecular weight excluding hydrogens is 90.1 g/mol. The summed E-state index contributed by atoms with van der Waals surface area (Å²) in [6.45, 7) is 4.39. The van der Waals surface area contributed by atoms with Gasteiger partial charge in [-0.3, -0.25) is 4.90 Å². The van der Waals surface area contributed by atoms with Crippen LogP contribution in [0.3, 0.4) is 0 Å². The highest BCUT2D eigenvalue weighted by atomic mass is 16.5. The van der Waals surface area contributed by atoms with E-state index in [1.165, 1.54) is 0 Å². The quantitative estimate of drug-likeness (QED) is 0.463. The van der Waals surface area contributed by atoms with E-state index in [4.69, 9.17) is 4.74 Å². The van der Waals surface area contributed by atoms with Gasteiger partial charge in [0, 0.05) is 13.7 Å². The van der Waals surface area contributed by atoms with Gasteiger partial charge in [-0.25, -0.2) is 0 Å². The van der Waals surface area contributed by atoms with Crippen LogP contribution in [0.1, 0.15) is 6.92 Å². The van der Waals surface area contributed by atoms with Crippen molar-refractivity contribution in [2.45, 2.75) is 13.2 Å². The fourth-order valence-electron chi connectivity index (χ4n) is 0.710. The number of nitrogens with zero attached hydrogens (tertiary/aromatic N) is 1. The van der Waals surface area contributed by atoms with Crippen molar-refractivity contribution in [2.75, 3.05) is 20.2 Å². The third-order valence-electron chi connectivity index (χ3n) is 1.34. The summed E-state index contributed by atoms with van der Waals surface area (Å²) in [5, 5.41) is 0. The van der Waals surface area contributed by atoms with E-state index in [0.717, 1.165) is 13.1 Å². The molecule has 0 aromatic carbocycles. The van der Waals surface area contributed by atoms with Gasteiger partial charge in [-0.1, -0.05) is 6.92 Å². The van der Waals surface area contributed by atoms with Gasteiger partial charge in [0.05, 0.1) is 0 Å². The van der Waals surface area contributed by atoms with E-state index in [2.05, 4.69) is 11.8 Å². The van der Waals surface area contributed by atoms with Crippen LogP contribution in [0.25, 0.3) is 0 Å². The van der Waals surface area contributed by atoms with Crippen LogP contribution in [0.5, 0.6) is 0 Å². The average molecular weight is 101 g/mol. The molecule has 0 radical (unpaired) electrons. The summed E-state index contributed by atoms with van der Waals surface area (Å²) >= 11 is 0. The van der Waals surface area contributed by atoms with Crippen LogP contribution in [0.4, 0.5) is 0 Å². The molecule has 0 bridgehead atoms. The van der Waals surface area contributed by atoms with E-state index >= 15 is 0 Å². The molecule has 1 fully saturated rings. The first-order valence-electron chi connectivity index (χ1n) is 2.65. The molecular formula is C5H11NO. The topological polar surface area (TPSA) is 12.2 Å². The fraction of sp³-hybridized carbons (Fsp3) is 1.00. The Hall–Kier alpha value is -0.0800. The fourth-order valence-corrected chi connectivity index (χ4v) is 0.710. The minimum Gasteiger partial charge on any atom is -0.365 e. The van der Waals surface area contributed by atoms with Gasteiger partial charge in [0.15, 0.2) is 0 Å². The van der Waals surface area contributed by atoms with Gasteiger partial charge in [-0.2, -0.15) is 0 Å². The van der Waals surface area contributed by atoms with Crippen LogP contribution in [0, 0.1) is 0 Å². The van der Waals surface area contributed by atoms with Crippen LogP contribution < -0.4 is 0 Å². The highest BCUT2D eigenvalue weighted by molar-refractivity contribution is 4.78. The van der Waals surface area contributed by atoms with Crippen molar-refractivity contribution >= 4 is 0 Å². The van der Waals surface area contributed by atoms with E-state index < -0.39 is 0 Å². The molecule has 2 heteroatoms. The average Bonchev–Trinajstić information content (AvgIpc) is 2.43. The van der Waals surface area contributed by atoms with Crippen molar-refractivity contribution in [1.29, 1.82) is 0 Å². The Balaban J connectivity index is 2.06. The first-order chi connectivity index (χ1) is 3.38. The predicted octanol–water partition coefficient (Wildman–Crippen LogP) is 0.294. The first kappa shape index (κ1) is 5.06. The normalized spacial score (nSPS) is 38.6. The summed E-state index contributed by atoms with van der Waals surface area (Å²) < 4.78 is 4.99. The van der Waals surface area contributed by atoms with Gasteiger partial charge in [0.25, 0.3) is 0 Å². The monoisotopic (exact) mass is 101 g/mol. The molecule has 2 unspecified atom stereocenters. The molecule has 0 amide bonds. The molecule has 0 spiro atoms. The van der Waals surface area contributed by atoms with Gasteiger partial charge >= 0.3 is 0 Å². The molecule has 0 saturated carbocycles. The van der Waals surface area contributed by atoms with Crippen molar-refractivity contribution in [3.63, 3.8) is 0 Å². The van der Waals surface area contributed by atoms with Gasteiger partial charge in [-0.05, 0) is 6.54 Å². The molecule has 1 heterocycles. The second kappa shape index (κ2) is 1.80. The van der Waals surface area contributed by atoms with E-state index in [0.29, 0.717) is 6.23 Å². The Morgan fingerprint density at radius 3 is 2.71 bits per heavy atom. The maximum atomic E-state index is 4.99. The highest BCUT2D eigenvalue weighted by Crippen LogP contribution is 2.15. The minimum absolute atomic E-state index is 0.449. The number of hydrogen-bond donors (Lipinski definition) is 0. The zero-order valence-electron chi connectivity index (χ0n) is 4.85. The summed E-state index contributed by atoms with van der Waals surface area (Å²) in [6.07, 6.45) is 0.449. The first-order valence-corrected chi connectivity index (χ1v) is 2.65. The Labute approximate surface area is 44.1 Å². The third kappa shape index (κ3) is 0.924. The Bertz CT molecular complexity index is 57.1. The standard InChI is InChI=1S/C5H11NO/c1-3-6-4-5(6)7-2/h5H,3-4H2,1-2H3. The molecule has 1 saturated heterocycles. The summed E-state index contributed by atoms with van der Waals surface area (Å²) in [7, 11) is 1.75. The number of rotatable bonds is 2. The molecule has 42 valence electrons. The molecule has 7 heavy (non-hydrogen) atoms. The minimum atomic E-state index is 0.449. The molecule has 2 nitrogen and oxygen atoms in total. The Morgan fingerprint density at radius 2 is 2.57 bits per heavy atom. The van der Waals surface area contributed by atoms with E-state index in [-0.39, 0.29) is 0 Å². The second-order valence-electron chi connectivity index (χ2n) is 1.78. The van der Waals surface area contributed by atoms with Crippen LogP contribution >= 0.6 is 0 Å². The maximum absolute atomic E-state index is 4.99. The number of hydrogen-bond acceptors (Lipinski definition) is 2. The highest BCUT2D eigenvalue weighted by Gasteiger charge is 2.31. The summed E-state index contributed by atoms with van der Waals surface area (Å²) in [5.74, 6) is 0. The Morgan fingerprint density at radius 1 is 1.86 bits per heavy atom. The number of methoxy groups -OCH3 is 1. The molecule has 1 aliphatic heterocycles. The number of ether oxygens (including phenoxy) is 1. The van der Waals surface area contributed by atoms with Crippen molar-refractivity contribution in [3.8, 4) is 0 Å². The lowest BCUT2D eigenvalue weighted by molar-refractivity contribution is 0.138. The van der Waals surface area contributed by atoms with Gasteiger partial charge in [-0.15, -0.1) is 0 Å². The molecule has 0 N–H and O–H groups in total. The predicted molar refractivity (Wildman–Crippen MR) is 28.0 cm³/mol. The van der Waals surface area contributed by atoms with Crippen molar-refractivity contribution in [1.82, 2.24) is 4.90 Å². The van der Waals surface area contributed by atoms with Crippen molar-refractivity contribution in [3.05, 3.63) is 0 Å². The van der Waals surface area contributed by atoms with Crippen LogP contribution in [0.2, 0.25) is 0 Å². The van der Waals surface area contributed by atoms with Crippen LogP contribution in [0.15, 0.2) is 0 Å². The Kier molecular flexibility index (Phi) is 1.30. The zero-order valence-corrected chi connectivity index (χ0v) is 4.85. The zero-order chi connectivity index (χ0) is 5.28. The smallest absolute Gasteiger partial charge is 0.123 e. The maximum Gasteiger partial charge on any atom is 0.123 e. The largest absolute Gasteiger partial charge is 0.365 e. The lowest BCUT2D eigenvalue weighted by Crippen LogP contribution is -2.00. The SMILES string of the molecule is CCN1CC1OC. The molecule has 0 aromatic rings. The number of likely N-dealkylation sites (N-methyl/N-ethyl adjacent to an activating group) is 1. The molecule has 0 aliphatic carbocycles. The molecule has 1 rings (SSSR count). The van der Waals surface area contributed by atoms with E-state index in [1.807, 2.05) is 0 Å². The van der Waals surface area contributed by atoms with E-state index in [1.54, 1.807) is 7.11 Å². The van der Waals surface area contributed by atoms with Crippen molar-refractivity contribution < 1.29 is 4.74 Å². The summed E-state index contributed by atoms with van der Waals surface area (Å²) in [4.78, 5) is 2.25. The molecule has 1 aliphatic rings. The summed E-state index contributed by atoms with van der Waals surface area (Å²) in [6, 6.07) is 0. The second-order valence-corrected chi connectivity index (χ2v) is 1.78. The third-order valence-corrected chi connectivity index (χ3v) is 1.34. The van der Waals surface area contributed by atoms with Gasteiger partial charge in [0.1, 0.15) is 6.23 Å². The van der Waals surface area contributed by atoms with Gasteiger partial charge < -0.3 is 4.74 Å². The van der Waals surface area contributed by atoms with Crippen LogP contribution in [-0.4, -0.2) is 31.3 Å². The lowest BCUT2D eigenvalue weighted by atomic mass is 10.8. The van der Waals surface area contributed by atoms with Crippen LogP contribution in [-0.2, 0) is 4.74 Å². The molecule has 2 atom stereocenters.